The molecule has 0 aliphatic heterocycles. The van der Waals surface area contributed by atoms with Gasteiger partial charge in [0.1, 0.15) is 5.56 Å². The number of nitrogens with zero attached hydrogens (tertiary/aromatic N) is 1. The van der Waals surface area contributed by atoms with Crippen LogP contribution in [0.25, 0.3) is 0 Å². The fourth-order valence-corrected chi connectivity index (χ4v) is 2.31. The highest BCUT2D eigenvalue weighted by Gasteiger charge is 2.23. The molecule has 0 aliphatic carbocycles. The van der Waals surface area contributed by atoms with Crippen molar-refractivity contribution in [1.29, 1.82) is 0 Å². The molecule has 0 saturated carbocycles. The number of benzene rings is 2. The van der Waals surface area contributed by atoms with E-state index in [4.69, 9.17) is 11.6 Å². The summed E-state index contributed by atoms with van der Waals surface area (Å²) in [5, 5.41) is 11.1. The summed E-state index contributed by atoms with van der Waals surface area (Å²) in [7, 11) is 0. The lowest BCUT2D eigenvalue weighted by Crippen LogP contribution is -2.08. The largest absolute Gasteiger partial charge is 0.293 e. The second-order valence-corrected chi connectivity index (χ2v) is 4.89. The summed E-state index contributed by atoms with van der Waals surface area (Å²) in [6.45, 7) is 1.92. The monoisotopic (exact) mass is 289 g/mol. The third kappa shape index (κ3) is 3.03. The van der Waals surface area contributed by atoms with Gasteiger partial charge in [0.25, 0.3) is 5.69 Å². The van der Waals surface area contributed by atoms with Crippen molar-refractivity contribution < 1.29 is 9.72 Å². The van der Waals surface area contributed by atoms with E-state index in [2.05, 4.69) is 0 Å². The number of ketones is 1. The van der Waals surface area contributed by atoms with E-state index in [9.17, 15) is 14.9 Å². The summed E-state index contributed by atoms with van der Waals surface area (Å²) < 4.78 is 0. The number of Topliss-reactive ketones (excluding diaryl/α,β-unsaturated/α-hetero) is 1. The maximum absolute atomic E-state index is 12.3. The van der Waals surface area contributed by atoms with Crippen LogP contribution in [0.2, 0.25) is 5.02 Å². The first-order valence-electron chi connectivity index (χ1n) is 6.00. The predicted octanol–water partition coefficient (Wildman–Crippen LogP) is 3.98. The molecular weight excluding hydrogens is 278 g/mol. The number of nitro groups is 1. The lowest BCUT2D eigenvalue weighted by Gasteiger charge is -2.05. The number of carbonyl (C=O) groups is 1. The van der Waals surface area contributed by atoms with Gasteiger partial charge in [-0.15, -0.1) is 0 Å². The number of aryl methyl sites for hydroxylation is 1. The third-order valence-corrected chi connectivity index (χ3v) is 3.23. The SMILES string of the molecule is Cc1cccc(CC(=O)c2c(Cl)cccc2[N+](=O)[O-])c1. The fourth-order valence-electron chi connectivity index (χ4n) is 2.04. The zero-order valence-electron chi connectivity index (χ0n) is 10.8. The van der Waals surface area contributed by atoms with Crippen LogP contribution in [0.3, 0.4) is 0 Å². The van der Waals surface area contributed by atoms with Gasteiger partial charge in [-0.25, -0.2) is 0 Å². The van der Waals surface area contributed by atoms with Crippen molar-refractivity contribution in [2.45, 2.75) is 13.3 Å². The molecule has 0 atom stereocenters. The first-order valence-corrected chi connectivity index (χ1v) is 6.38. The van der Waals surface area contributed by atoms with Crippen LogP contribution >= 0.6 is 11.6 Å². The second-order valence-electron chi connectivity index (χ2n) is 4.48. The Morgan fingerprint density at radius 3 is 2.60 bits per heavy atom. The van der Waals surface area contributed by atoms with E-state index in [1.165, 1.54) is 18.2 Å². The van der Waals surface area contributed by atoms with Crippen LogP contribution < -0.4 is 0 Å². The maximum Gasteiger partial charge on any atom is 0.281 e. The lowest BCUT2D eigenvalue weighted by atomic mass is 10.0. The van der Waals surface area contributed by atoms with Gasteiger partial charge in [-0.3, -0.25) is 14.9 Å². The maximum atomic E-state index is 12.3. The average Bonchev–Trinajstić information content (AvgIpc) is 2.38. The summed E-state index contributed by atoms with van der Waals surface area (Å²) in [5.41, 5.74) is 1.56. The Bertz CT molecular complexity index is 683. The van der Waals surface area contributed by atoms with Gasteiger partial charge in [0.15, 0.2) is 5.78 Å². The minimum Gasteiger partial charge on any atom is -0.293 e. The van der Waals surface area contributed by atoms with E-state index in [1.807, 2.05) is 31.2 Å². The number of hydrogen-bond donors (Lipinski definition) is 0. The molecule has 2 aromatic carbocycles. The van der Waals surface area contributed by atoms with Crippen molar-refractivity contribution in [2.75, 3.05) is 0 Å². The zero-order chi connectivity index (χ0) is 14.7. The second kappa shape index (κ2) is 5.84. The van der Waals surface area contributed by atoms with Crippen molar-refractivity contribution in [3.8, 4) is 0 Å². The highest BCUT2D eigenvalue weighted by atomic mass is 35.5. The Labute approximate surface area is 121 Å². The summed E-state index contributed by atoms with van der Waals surface area (Å²) in [6.07, 6.45) is 0.0895. The van der Waals surface area contributed by atoms with E-state index >= 15 is 0 Å². The van der Waals surface area contributed by atoms with Gasteiger partial charge in [-0.2, -0.15) is 0 Å². The molecule has 0 N–H and O–H groups in total. The van der Waals surface area contributed by atoms with Crippen LogP contribution in [-0.4, -0.2) is 10.7 Å². The molecule has 2 aromatic rings. The smallest absolute Gasteiger partial charge is 0.281 e. The summed E-state index contributed by atoms with van der Waals surface area (Å²) in [4.78, 5) is 22.7. The molecule has 0 saturated heterocycles. The van der Waals surface area contributed by atoms with Gasteiger partial charge >= 0.3 is 0 Å². The van der Waals surface area contributed by atoms with Crippen molar-refractivity contribution in [3.05, 3.63) is 74.3 Å². The number of hydrogen-bond acceptors (Lipinski definition) is 3. The Kier molecular flexibility index (Phi) is 4.15. The Hall–Kier alpha value is -2.20. The number of nitro benzene ring substituents is 1. The van der Waals surface area contributed by atoms with Gasteiger partial charge < -0.3 is 0 Å². The molecule has 0 bridgehead atoms. The van der Waals surface area contributed by atoms with Gasteiger partial charge in [0.05, 0.1) is 9.95 Å². The Balaban J connectivity index is 2.37. The molecule has 0 amide bonds. The average molecular weight is 290 g/mol. The van der Waals surface area contributed by atoms with Gasteiger partial charge in [-0.1, -0.05) is 47.5 Å². The quantitative estimate of drug-likeness (QED) is 0.486. The van der Waals surface area contributed by atoms with E-state index in [1.54, 1.807) is 0 Å². The first-order chi connectivity index (χ1) is 9.49. The molecule has 0 aliphatic rings. The Morgan fingerprint density at radius 2 is 1.95 bits per heavy atom. The van der Waals surface area contributed by atoms with Crippen LogP contribution in [0.1, 0.15) is 21.5 Å². The van der Waals surface area contributed by atoms with E-state index in [0.29, 0.717) is 0 Å². The van der Waals surface area contributed by atoms with Gasteiger partial charge in [0.2, 0.25) is 0 Å². The normalized spacial score (nSPS) is 10.3. The van der Waals surface area contributed by atoms with Crippen LogP contribution in [0.15, 0.2) is 42.5 Å². The summed E-state index contributed by atoms with van der Waals surface area (Å²) in [5.74, 6) is -0.354. The van der Waals surface area contributed by atoms with E-state index < -0.39 is 4.92 Å². The van der Waals surface area contributed by atoms with Gasteiger partial charge in [0, 0.05) is 12.5 Å². The van der Waals surface area contributed by atoms with Crippen LogP contribution in [0, 0.1) is 17.0 Å². The summed E-state index contributed by atoms with van der Waals surface area (Å²) >= 11 is 5.94. The molecular formula is C15H12ClNO3. The molecule has 0 aromatic heterocycles. The van der Waals surface area contributed by atoms with E-state index in [0.717, 1.165) is 11.1 Å². The topological polar surface area (TPSA) is 60.2 Å². The van der Waals surface area contributed by atoms with Crippen molar-refractivity contribution in [2.24, 2.45) is 0 Å². The van der Waals surface area contributed by atoms with Crippen LogP contribution in [0.4, 0.5) is 5.69 Å². The van der Waals surface area contributed by atoms with Crippen molar-refractivity contribution in [1.82, 2.24) is 0 Å². The molecule has 0 radical (unpaired) electrons. The molecule has 102 valence electrons. The van der Waals surface area contributed by atoms with Gasteiger partial charge in [-0.05, 0) is 18.6 Å². The minimum absolute atomic E-state index is 0.0272. The third-order valence-electron chi connectivity index (χ3n) is 2.91. The number of carbonyl (C=O) groups excluding carboxylic acids is 1. The Morgan fingerprint density at radius 1 is 1.25 bits per heavy atom. The molecule has 2 rings (SSSR count). The highest BCUT2D eigenvalue weighted by Crippen LogP contribution is 2.27. The molecule has 5 heteroatoms. The molecule has 0 spiro atoms. The molecule has 20 heavy (non-hydrogen) atoms. The minimum atomic E-state index is -0.588. The van der Waals surface area contributed by atoms with Crippen molar-refractivity contribution >= 4 is 23.1 Å². The first kappa shape index (κ1) is 14.2. The highest BCUT2D eigenvalue weighted by molar-refractivity contribution is 6.34. The molecule has 0 unspecified atom stereocenters. The lowest BCUT2D eigenvalue weighted by molar-refractivity contribution is -0.385. The zero-order valence-corrected chi connectivity index (χ0v) is 11.6. The van der Waals surface area contributed by atoms with Crippen LogP contribution in [-0.2, 0) is 6.42 Å². The molecule has 4 nitrogen and oxygen atoms in total. The number of rotatable bonds is 4. The molecule has 0 fully saturated rings. The standard InChI is InChI=1S/C15H12ClNO3/c1-10-4-2-5-11(8-10)9-14(18)15-12(16)6-3-7-13(15)17(19)20/h2-8H,9H2,1H3. The van der Waals surface area contributed by atoms with Crippen molar-refractivity contribution in [3.63, 3.8) is 0 Å². The van der Waals surface area contributed by atoms with E-state index in [-0.39, 0.29) is 28.5 Å². The fraction of sp³-hybridized carbons (Fsp3) is 0.133. The molecule has 0 heterocycles. The van der Waals surface area contributed by atoms with Crippen LogP contribution in [0.5, 0.6) is 0 Å². The predicted molar refractivity (Wildman–Crippen MR) is 77.3 cm³/mol. The summed E-state index contributed by atoms with van der Waals surface area (Å²) in [6, 6.07) is 11.7. The number of halogens is 1.